The van der Waals surface area contributed by atoms with E-state index in [-0.39, 0.29) is 5.82 Å². The number of carbonyl (C=O) groups excluding carboxylic acids is 1. The van der Waals surface area contributed by atoms with Crippen LogP contribution in [0.15, 0.2) is 48.5 Å². The molecule has 1 heterocycles. The number of nitrogens with zero attached hydrogens (tertiary/aromatic N) is 3. The summed E-state index contributed by atoms with van der Waals surface area (Å²) in [6.07, 6.45) is 0. The summed E-state index contributed by atoms with van der Waals surface area (Å²) in [5.74, 6) is -0.121. The quantitative estimate of drug-likeness (QED) is 0.671. The lowest BCUT2D eigenvalue weighted by Gasteiger charge is -2.06. The molecular weight excluding hydrogens is 337 g/mol. The van der Waals surface area contributed by atoms with Gasteiger partial charge in [-0.15, -0.1) is 5.10 Å². The number of rotatable bonds is 3. The van der Waals surface area contributed by atoms with Crippen LogP contribution in [0.2, 0.25) is 10.0 Å². The number of methoxy groups -OCH3 is 1. The highest BCUT2D eigenvalue weighted by Gasteiger charge is 2.19. The van der Waals surface area contributed by atoms with Gasteiger partial charge in [-0.2, -0.15) is 0 Å². The van der Waals surface area contributed by atoms with E-state index in [0.717, 1.165) is 11.3 Å². The predicted molar refractivity (Wildman–Crippen MR) is 88.2 cm³/mol. The topological polar surface area (TPSA) is 57.0 Å². The van der Waals surface area contributed by atoms with Gasteiger partial charge in [0.05, 0.1) is 12.8 Å². The molecule has 0 saturated heterocycles. The second-order valence-corrected chi connectivity index (χ2v) is 5.52. The zero-order valence-corrected chi connectivity index (χ0v) is 13.5. The fourth-order valence-electron chi connectivity index (χ4n) is 2.04. The lowest BCUT2D eigenvalue weighted by atomic mass is 10.2. The van der Waals surface area contributed by atoms with Crippen molar-refractivity contribution in [2.24, 2.45) is 0 Å². The molecule has 0 N–H and O–H groups in total. The molecule has 0 saturated carbocycles. The molecule has 0 amide bonds. The molecule has 7 heteroatoms. The van der Waals surface area contributed by atoms with Crippen LogP contribution in [0, 0.1) is 0 Å². The molecule has 0 aliphatic carbocycles. The minimum Gasteiger partial charge on any atom is -0.463 e. The van der Waals surface area contributed by atoms with Crippen LogP contribution in [-0.4, -0.2) is 27.8 Å². The van der Waals surface area contributed by atoms with Crippen LogP contribution in [0.5, 0.6) is 0 Å². The molecule has 0 radical (unpaired) electrons. The Morgan fingerprint density at radius 1 is 1.00 bits per heavy atom. The van der Waals surface area contributed by atoms with E-state index in [4.69, 9.17) is 27.9 Å². The SMILES string of the molecule is COC(=O)c1nc(-c2ccc(Cl)cc2)n(-c2ccc(Cl)cc2)n1. The molecule has 0 aliphatic rings. The fourth-order valence-corrected chi connectivity index (χ4v) is 2.29. The Kier molecular flexibility index (Phi) is 4.32. The Labute approximate surface area is 142 Å². The number of hydrogen-bond acceptors (Lipinski definition) is 4. The molecule has 5 nitrogen and oxygen atoms in total. The van der Waals surface area contributed by atoms with Crippen LogP contribution in [0.1, 0.15) is 10.6 Å². The van der Waals surface area contributed by atoms with Crippen molar-refractivity contribution < 1.29 is 9.53 Å². The smallest absolute Gasteiger partial charge is 0.377 e. The number of halogens is 2. The first kappa shape index (κ1) is 15.5. The van der Waals surface area contributed by atoms with Gasteiger partial charge in [-0.25, -0.2) is 14.5 Å². The predicted octanol–water partition coefficient (Wildman–Crippen LogP) is 4.03. The summed E-state index contributed by atoms with van der Waals surface area (Å²) < 4.78 is 6.26. The Hall–Kier alpha value is -2.37. The third kappa shape index (κ3) is 3.21. The average Bonchev–Trinajstić information content (AvgIpc) is 3.01. The number of ether oxygens (including phenoxy) is 1. The number of carbonyl (C=O) groups is 1. The van der Waals surface area contributed by atoms with E-state index in [1.54, 1.807) is 53.2 Å². The average molecular weight is 348 g/mol. The third-order valence-corrected chi connectivity index (χ3v) is 3.65. The van der Waals surface area contributed by atoms with Gasteiger partial charge in [-0.1, -0.05) is 23.2 Å². The van der Waals surface area contributed by atoms with E-state index in [1.807, 2.05) is 0 Å². The summed E-state index contributed by atoms with van der Waals surface area (Å²) >= 11 is 11.8. The van der Waals surface area contributed by atoms with E-state index in [0.29, 0.717) is 15.9 Å². The summed E-state index contributed by atoms with van der Waals surface area (Å²) in [5.41, 5.74) is 1.49. The second kappa shape index (κ2) is 6.40. The van der Waals surface area contributed by atoms with Crippen molar-refractivity contribution in [3.8, 4) is 17.1 Å². The summed E-state index contributed by atoms with van der Waals surface area (Å²) in [6.45, 7) is 0. The van der Waals surface area contributed by atoms with Crippen molar-refractivity contribution in [1.29, 1.82) is 0 Å². The van der Waals surface area contributed by atoms with Crippen LogP contribution in [0.4, 0.5) is 0 Å². The molecular formula is C16H11Cl2N3O2. The highest BCUT2D eigenvalue weighted by atomic mass is 35.5. The summed E-state index contributed by atoms with van der Waals surface area (Å²) in [7, 11) is 1.29. The normalized spacial score (nSPS) is 10.6. The van der Waals surface area contributed by atoms with Gasteiger partial charge in [0.15, 0.2) is 5.82 Å². The van der Waals surface area contributed by atoms with Crippen molar-refractivity contribution in [2.75, 3.05) is 7.11 Å². The van der Waals surface area contributed by atoms with E-state index in [2.05, 4.69) is 10.1 Å². The van der Waals surface area contributed by atoms with Gasteiger partial charge in [-0.05, 0) is 48.5 Å². The molecule has 1 aromatic heterocycles. The first-order chi connectivity index (χ1) is 11.1. The molecule has 2 aromatic carbocycles. The van der Waals surface area contributed by atoms with E-state index < -0.39 is 5.97 Å². The standard InChI is InChI=1S/C16H11Cl2N3O2/c1-23-16(22)14-19-15(10-2-4-11(17)5-3-10)21(20-14)13-8-6-12(18)7-9-13/h2-9H,1H3. The minimum absolute atomic E-state index is 0.0209. The molecule has 3 aromatic rings. The largest absolute Gasteiger partial charge is 0.463 e. The maximum absolute atomic E-state index is 11.7. The van der Waals surface area contributed by atoms with E-state index >= 15 is 0 Å². The van der Waals surface area contributed by atoms with Crippen LogP contribution in [-0.2, 0) is 4.74 Å². The Bertz CT molecular complexity index is 780. The van der Waals surface area contributed by atoms with Crippen molar-refractivity contribution >= 4 is 29.2 Å². The van der Waals surface area contributed by atoms with Gasteiger partial charge in [0, 0.05) is 15.6 Å². The monoisotopic (exact) mass is 347 g/mol. The van der Waals surface area contributed by atoms with Crippen molar-refractivity contribution in [1.82, 2.24) is 14.8 Å². The molecule has 3 rings (SSSR count). The van der Waals surface area contributed by atoms with E-state index in [1.165, 1.54) is 7.11 Å². The van der Waals surface area contributed by atoms with Crippen molar-refractivity contribution in [3.05, 3.63) is 64.4 Å². The highest BCUT2D eigenvalue weighted by molar-refractivity contribution is 6.30. The molecule has 23 heavy (non-hydrogen) atoms. The number of benzene rings is 2. The summed E-state index contributed by atoms with van der Waals surface area (Å²) in [4.78, 5) is 16.0. The first-order valence-electron chi connectivity index (χ1n) is 6.66. The molecule has 0 unspecified atom stereocenters. The van der Waals surface area contributed by atoms with Gasteiger partial charge in [0.2, 0.25) is 0 Å². The van der Waals surface area contributed by atoms with Crippen LogP contribution >= 0.6 is 23.2 Å². The maximum Gasteiger partial charge on any atom is 0.377 e. The number of aromatic nitrogens is 3. The Balaban J connectivity index is 2.16. The lowest BCUT2D eigenvalue weighted by Crippen LogP contribution is -2.05. The van der Waals surface area contributed by atoms with Crippen LogP contribution in [0.25, 0.3) is 17.1 Å². The third-order valence-electron chi connectivity index (χ3n) is 3.15. The lowest BCUT2D eigenvalue weighted by molar-refractivity contribution is 0.0587. The number of hydrogen-bond donors (Lipinski definition) is 0. The summed E-state index contributed by atoms with van der Waals surface area (Å²) in [5, 5.41) is 5.45. The van der Waals surface area contributed by atoms with Gasteiger partial charge in [0.25, 0.3) is 5.82 Å². The van der Waals surface area contributed by atoms with Crippen molar-refractivity contribution in [2.45, 2.75) is 0 Å². The zero-order chi connectivity index (χ0) is 16.4. The molecule has 0 aliphatic heterocycles. The maximum atomic E-state index is 11.7. The van der Waals surface area contributed by atoms with Gasteiger partial charge < -0.3 is 4.74 Å². The molecule has 0 spiro atoms. The van der Waals surface area contributed by atoms with Gasteiger partial charge in [-0.3, -0.25) is 0 Å². The van der Waals surface area contributed by atoms with Gasteiger partial charge in [0.1, 0.15) is 0 Å². The molecule has 0 atom stereocenters. The number of esters is 1. The van der Waals surface area contributed by atoms with E-state index in [9.17, 15) is 4.79 Å². The Morgan fingerprint density at radius 3 is 2.13 bits per heavy atom. The minimum atomic E-state index is -0.604. The molecule has 0 fully saturated rings. The Morgan fingerprint density at radius 2 is 1.57 bits per heavy atom. The van der Waals surface area contributed by atoms with Crippen molar-refractivity contribution in [3.63, 3.8) is 0 Å². The molecule has 116 valence electrons. The summed E-state index contributed by atoms with van der Waals surface area (Å²) in [6, 6.07) is 14.2. The molecule has 0 bridgehead atoms. The zero-order valence-electron chi connectivity index (χ0n) is 12.0. The highest BCUT2D eigenvalue weighted by Crippen LogP contribution is 2.24. The second-order valence-electron chi connectivity index (χ2n) is 4.65. The first-order valence-corrected chi connectivity index (χ1v) is 7.41. The van der Waals surface area contributed by atoms with Gasteiger partial charge >= 0.3 is 5.97 Å². The van der Waals surface area contributed by atoms with Crippen LogP contribution in [0.3, 0.4) is 0 Å². The fraction of sp³-hybridized carbons (Fsp3) is 0.0625. The van der Waals surface area contributed by atoms with Crippen LogP contribution < -0.4 is 0 Å².